The first-order valence-electron chi connectivity index (χ1n) is 9.90. The molecule has 0 aliphatic carbocycles. The maximum absolute atomic E-state index is 11.7. The van der Waals surface area contributed by atoms with Crippen molar-refractivity contribution in [3.63, 3.8) is 0 Å². The molecule has 0 aromatic heterocycles. The Morgan fingerprint density at radius 1 is 0.708 bits per heavy atom. The van der Waals surface area contributed by atoms with Crippen LogP contribution in [0.4, 0.5) is 0 Å². The molecule has 0 heterocycles. The zero-order chi connectivity index (χ0) is 17.7. The van der Waals surface area contributed by atoms with E-state index in [4.69, 9.17) is 5.73 Å². The fourth-order valence-corrected chi connectivity index (χ4v) is 2.45. The number of carbonyl (C=O) groups excluding carboxylic acids is 1. The quantitative estimate of drug-likeness (QED) is 0.225. The van der Waals surface area contributed by atoms with E-state index < -0.39 is 0 Å². The van der Waals surface area contributed by atoms with Gasteiger partial charge in [-0.2, -0.15) is 0 Å². The van der Waals surface area contributed by atoms with Crippen molar-refractivity contribution >= 4 is 5.91 Å². The summed E-state index contributed by atoms with van der Waals surface area (Å²) in [4.78, 5) is 11.7. The Hall–Kier alpha value is -0.690. The molecule has 0 aromatic rings. The Morgan fingerprint density at radius 2 is 1.21 bits per heavy atom. The van der Waals surface area contributed by atoms with E-state index in [1.54, 1.807) is 0 Å². The van der Waals surface area contributed by atoms with Crippen LogP contribution in [0.15, 0.2) is 0 Å². The van der Waals surface area contributed by atoms with Gasteiger partial charge in [-0.1, -0.05) is 45.4 Å². The molecule has 0 unspecified atom stereocenters. The van der Waals surface area contributed by atoms with Crippen molar-refractivity contribution in [2.45, 2.75) is 58.3 Å². The van der Waals surface area contributed by atoms with E-state index in [2.05, 4.69) is 28.2 Å². The highest BCUT2D eigenvalue weighted by atomic mass is 16.1. The van der Waals surface area contributed by atoms with Gasteiger partial charge in [-0.15, -0.1) is 0 Å². The van der Waals surface area contributed by atoms with E-state index in [-0.39, 0.29) is 5.91 Å². The summed E-state index contributed by atoms with van der Waals surface area (Å²) in [6.07, 6.45) is 9.43. The lowest BCUT2D eigenvalue weighted by Crippen LogP contribution is -2.36. The number of hydrogen-bond donors (Lipinski definition) is 5. The number of amides is 1. The van der Waals surface area contributed by atoms with Crippen LogP contribution in [-0.2, 0) is 4.79 Å². The van der Waals surface area contributed by atoms with Gasteiger partial charge < -0.3 is 27.0 Å². The van der Waals surface area contributed by atoms with Gasteiger partial charge in [0.05, 0.1) is 0 Å². The fraction of sp³-hybridized carbons (Fsp3) is 0.944. The van der Waals surface area contributed by atoms with E-state index in [9.17, 15) is 4.79 Å². The number of unbranched alkanes of at least 4 members (excludes halogenated alkanes) is 6. The highest BCUT2D eigenvalue weighted by Gasteiger charge is 2.00. The second kappa shape index (κ2) is 20.4. The Morgan fingerprint density at radius 3 is 1.79 bits per heavy atom. The van der Waals surface area contributed by atoms with Crippen LogP contribution in [0.5, 0.6) is 0 Å². The first-order chi connectivity index (χ1) is 11.8. The van der Waals surface area contributed by atoms with Crippen LogP contribution >= 0.6 is 0 Å². The molecule has 6 N–H and O–H groups in total. The van der Waals surface area contributed by atoms with Crippen molar-refractivity contribution in [1.82, 2.24) is 21.3 Å². The van der Waals surface area contributed by atoms with E-state index in [0.717, 1.165) is 45.7 Å². The number of nitrogens with one attached hydrogen (secondary N) is 4. The van der Waals surface area contributed by atoms with E-state index in [1.165, 1.54) is 38.5 Å². The molecule has 0 aromatic carbocycles. The Kier molecular flexibility index (Phi) is 19.8. The molecule has 0 bridgehead atoms. The molecule has 24 heavy (non-hydrogen) atoms. The van der Waals surface area contributed by atoms with Crippen molar-refractivity contribution in [3.8, 4) is 0 Å². The molecule has 0 radical (unpaired) electrons. The second-order valence-corrected chi connectivity index (χ2v) is 6.26. The smallest absolute Gasteiger partial charge is 0.220 e. The largest absolute Gasteiger partial charge is 0.355 e. The van der Waals surface area contributed by atoms with Crippen LogP contribution in [0.2, 0.25) is 0 Å². The summed E-state index contributed by atoms with van der Waals surface area (Å²) >= 11 is 0. The predicted molar refractivity (Wildman–Crippen MR) is 103 cm³/mol. The van der Waals surface area contributed by atoms with E-state index in [1.807, 2.05) is 0 Å². The molecule has 144 valence electrons. The maximum atomic E-state index is 11.7. The Labute approximate surface area is 149 Å². The first kappa shape index (κ1) is 23.3. The van der Waals surface area contributed by atoms with Crippen molar-refractivity contribution in [2.24, 2.45) is 5.73 Å². The van der Waals surface area contributed by atoms with Gasteiger partial charge in [0.25, 0.3) is 0 Å². The number of hydrogen-bond acceptors (Lipinski definition) is 5. The zero-order valence-corrected chi connectivity index (χ0v) is 15.8. The minimum atomic E-state index is 0.189. The van der Waals surface area contributed by atoms with Crippen LogP contribution in [0.25, 0.3) is 0 Å². The summed E-state index contributed by atoms with van der Waals surface area (Å²) in [5, 5.41) is 12.9. The molecule has 0 saturated heterocycles. The van der Waals surface area contributed by atoms with Crippen LogP contribution in [0.1, 0.15) is 58.3 Å². The van der Waals surface area contributed by atoms with Crippen LogP contribution < -0.4 is 27.0 Å². The molecule has 0 atom stereocenters. The third-order valence-electron chi connectivity index (χ3n) is 3.91. The average molecular weight is 344 g/mol. The van der Waals surface area contributed by atoms with Crippen LogP contribution in [0, 0.1) is 0 Å². The van der Waals surface area contributed by atoms with Gasteiger partial charge in [0, 0.05) is 58.8 Å². The Balaban J connectivity index is 3.12. The van der Waals surface area contributed by atoms with Crippen LogP contribution in [-0.4, -0.2) is 58.3 Å². The van der Waals surface area contributed by atoms with Gasteiger partial charge in [-0.3, -0.25) is 4.79 Å². The lowest BCUT2D eigenvalue weighted by molar-refractivity contribution is -0.121. The van der Waals surface area contributed by atoms with Gasteiger partial charge in [0.1, 0.15) is 0 Å². The van der Waals surface area contributed by atoms with Gasteiger partial charge >= 0.3 is 0 Å². The summed E-state index contributed by atoms with van der Waals surface area (Å²) in [6.45, 7) is 9.11. The molecule has 0 spiro atoms. The predicted octanol–water partition coefficient (Wildman–Crippen LogP) is 0.971. The van der Waals surface area contributed by atoms with Gasteiger partial charge in [-0.05, 0) is 6.42 Å². The average Bonchev–Trinajstić information content (AvgIpc) is 2.59. The maximum Gasteiger partial charge on any atom is 0.220 e. The topological polar surface area (TPSA) is 91.2 Å². The SMILES string of the molecule is CCCCCCCCCC(=O)NCCNCCNCCNCCN. The normalized spacial score (nSPS) is 10.9. The van der Waals surface area contributed by atoms with Crippen molar-refractivity contribution in [1.29, 1.82) is 0 Å². The molecule has 0 fully saturated rings. The lowest BCUT2D eigenvalue weighted by atomic mass is 10.1. The molecule has 0 aliphatic rings. The van der Waals surface area contributed by atoms with Gasteiger partial charge in [0.15, 0.2) is 0 Å². The van der Waals surface area contributed by atoms with Gasteiger partial charge in [-0.25, -0.2) is 0 Å². The third-order valence-corrected chi connectivity index (χ3v) is 3.91. The Bertz CT molecular complexity index is 264. The number of carbonyl (C=O) groups is 1. The first-order valence-corrected chi connectivity index (χ1v) is 9.90. The van der Waals surface area contributed by atoms with E-state index in [0.29, 0.717) is 19.5 Å². The number of rotatable bonds is 19. The number of nitrogens with two attached hydrogens (primary N) is 1. The molecule has 0 aliphatic heterocycles. The second-order valence-electron chi connectivity index (χ2n) is 6.26. The molecule has 0 rings (SSSR count). The van der Waals surface area contributed by atoms with E-state index >= 15 is 0 Å². The van der Waals surface area contributed by atoms with Gasteiger partial charge in [0.2, 0.25) is 5.91 Å². The molecular formula is C18H41N5O. The molecule has 1 amide bonds. The highest BCUT2D eigenvalue weighted by Crippen LogP contribution is 2.08. The summed E-state index contributed by atoms with van der Waals surface area (Å²) in [5.74, 6) is 0.189. The van der Waals surface area contributed by atoms with Crippen LogP contribution in [0.3, 0.4) is 0 Å². The summed E-state index contributed by atoms with van der Waals surface area (Å²) in [5.41, 5.74) is 5.39. The fourth-order valence-electron chi connectivity index (χ4n) is 2.45. The summed E-state index contributed by atoms with van der Waals surface area (Å²) < 4.78 is 0. The van der Waals surface area contributed by atoms with Crippen molar-refractivity contribution in [2.75, 3.05) is 52.4 Å². The van der Waals surface area contributed by atoms with Crippen molar-refractivity contribution in [3.05, 3.63) is 0 Å². The standard InChI is InChI=1S/C18H41N5O/c1-2-3-4-5-6-7-8-9-18(24)23-17-16-22-15-14-21-13-12-20-11-10-19/h20-22H,2-17,19H2,1H3,(H,23,24). The third kappa shape index (κ3) is 19.4. The molecule has 6 heteroatoms. The lowest BCUT2D eigenvalue weighted by Gasteiger charge is -2.08. The summed E-state index contributed by atoms with van der Waals surface area (Å²) in [6, 6.07) is 0. The minimum Gasteiger partial charge on any atom is -0.355 e. The highest BCUT2D eigenvalue weighted by molar-refractivity contribution is 5.75. The molecular weight excluding hydrogens is 302 g/mol. The molecule has 0 saturated carbocycles. The summed E-state index contributed by atoms with van der Waals surface area (Å²) in [7, 11) is 0. The minimum absolute atomic E-state index is 0.189. The zero-order valence-electron chi connectivity index (χ0n) is 15.8. The molecule has 6 nitrogen and oxygen atoms in total. The van der Waals surface area contributed by atoms with Crippen molar-refractivity contribution < 1.29 is 4.79 Å². The monoisotopic (exact) mass is 343 g/mol.